The Morgan fingerprint density at radius 1 is 1.42 bits per heavy atom. The fourth-order valence-electron chi connectivity index (χ4n) is 2.25. The van der Waals surface area contributed by atoms with E-state index in [9.17, 15) is 0 Å². The highest BCUT2D eigenvalue weighted by Gasteiger charge is 2.13. The second-order valence-electron chi connectivity index (χ2n) is 4.74. The van der Waals surface area contributed by atoms with E-state index in [0.717, 1.165) is 37.1 Å². The van der Waals surface area contributed by atoms with Crippen LogP contribution in [0.3, 0.4) is 0 Å². The van der Waals surface area contributed by atoms with Crippen molar-refractivity contribution < 1.29 is 0 Å². The third-order valence-electron chi connectivity index (χ3n) is 3.32. The van der Waals surface area contributed by atoms with Crippen LogP contribution in [0.1, 0.15) is 31.2 Å². The zero-order valence-electron chi connectivity index (χ0n) is 11.6. The van der Waals surface area contributed by atoms with Crippen molar-refractivity contribution in [1.82, 2.24) is 15.3 Å². The highest BCUT2D eigenvalue weighted by Crippen LogP contribution is 2.15. The number of rotatable bonds is 4. The molecule has 1 unspecified atom stereocenters. The molecule has 1 atom stereocenters. The molecule has 1 aromatic rings. The third kappa shape index (κ3) is 5.51. The molecule has 2 heterocycles. The van der Waals surface area contributed by atoms with Gasteiger partial charge in [0.25, 0.3) is 0 Å². The molecule has 6 heteroatoms. The smallest absolute Gasteiger partial charge is 0.132 e. The van der Waals surface area contributed by atoms with Crippen molar-refractivity contribution in [2.45, 2.75) is 33.1 Å². The summed E-state index contributed by atoms with van der Waals surface area (Å²) in [6.45, 7) is 7.38. The van der Waals surface area contributed by atoms with E-state index in [1.807, 2.05) is 13.1 Å². The molecule has 19 heavy (non-hydrogen) atoms. The number of nitrogens with one attached hydrogen (secondary N) is 2. The quantitative estimate of drug-likeness (QED) is 0.898. The Morgan fingerprint density at radius 2 is 2.21 bits per heavy atom. The molecule has 1 aliphatic heterocycles. The minimum absolute atomic E-state index is 0. The third-order valence-corrected chi connectivity index (χ3v) is 3.32. The van der Waals surface area contributed by atoms with Gasteiger partial charge in [-0.1, -0.05) is 6.92 Å². The molecule has 0 aromatic carbocycles. The molecule has 1 fully saturated rings. The van der Waals surface area contributed by atoms with Crippen molar-refractivity contribution in [3.8, 4) is 0 Å². The molecule has 0 amide bonds. The van der Waals surface area contributed by atoms with E-state index < -0.39 is 0 Å². The molecule has 110 valence electrons. The summed E-state index contributed by atoms with van der Waals surface area (Å²) in [4.78, 5) is 8.73. The molecule has 4 nitrogen and oxygen atoms in total. The average molecular weight is 307 g/mol. The molecule has 1 aliphatic rings. The predicted molar refractivity (Wildman–Crippen MR) is 84.7 cm³/mol. The highest BCUT2D eigenvalue weighted by molar-refractivity contribution is 5.85. The summed E-state index contributed by atoms with van der Waals surface area (Å²) >= 11 is 0. The van der Waals surface area contributed by atoms with E-state index in [1.54, 1.807) is 0 Å². The Kier molecular flexibility index (Phi) is 9.06. The molecule has 0 radical (unpaired) electrons. The van der Waals surface area contributed by atoms with E-state index in [0.29, 0.717) is 0 Å². The van der Waals surface area contributed by atoms with Crippen molar-refractivity contribution in [2.24, 2.45) is 5.92 Å². The molecule has 1 aromatic heterocycles. The Bertz CT molecular complexity index is 368. The number of piperidine rings is 1. The van der Waals surface area contributed by atoms with Gasteiger partial charge in [0, 0.05) is 18.3 Å². The minimum Gasteiger partial charge on any atom is -0.369 e. The van der Waals surface area contributed by atoms with E-state index in [2.05, 4.69) is 27.5 Å². The van der Waals surface area contributed by atoms with Crippen molar-refractivity contribution >= 4 is 30.6 Å². The normalized spacial score (nSPS) is 18.1. The molecule has 0 spiro atoms. The van der Waals surface area contributed by atoms with Crippen LogP contribution >= 0.6 is 24.8 Å². The van der Waals surface area contributed by atoms with E-state index in [-0.39, 0.29) is 24.8 Å². The first kappa shape index (κ1) is 18.4. The van der Waals surface area contributed by atoms with E-state index >= 15 is 0 Å². The highest BCUT2D eigenvalue weighted by atomic mass is 35.5. The lowest BCUT2D eigenvalue weighted by Crippen LogP contribution is -2.33. The van der Waals surface area contributed by atoms with Crippen LogP contribution in [0.2, 0.25) is 0 Å². The lowest BCUT2D eigenvalue weighted by molar-refractivity contribution is 0.392. The zero-order chi connectivity index (χ0) is 12.1. The first-order valence-corrected chi connectivity index (χ1v) is 6.56. The number of anilines is 1. The number of aryl methyl sites for hydroxylation is 2. The number of hydrogen-bond donors (Lipinski definition) is 2. The van der Waals surface area contributed by atoms with Crippen LogP contribution in [-0.2, 0) is 6.42 Å². The summed E-state index contributed by atoms with van der Waals surface area (Å²) in [5, 5.41) is 6.92. The fourth-order valence-corrected chi connectivity index (χ4v) is 2.25. The zero-order valence-corrected chi connectivity index (χ0v) is 13.2. The van der Waals surface area contributed by atoms with Gasteiger partial charge >= 0.3 is 0 Å². The summed E-state index contributed by atoms with van der Waals surface area (Å²) in [5.74, 6) is 2.58. The minimum atomic E-state index is 0. The van der Waals surface area contributed by atoms with E-state index in [4.69, 9.17) is 0 Å². The van der Waals surface area contributed by atoms with Crippen LogP contribution in [0.5, 0.6) is 0 Å². The van der Waals surface area contributed by atoms with Crippen molar-refractivity contribution in [2.75, 3.05) is 25.0 Å². The number of hydrogen-bond acceptors (Lipinski definition) is 4. The van der Waals surface area contributed by atoms with Gasteiger partial charge in [-0.05, 0) is 45.2 Å². The maximum Gasteiger partial charge on any atom is 0.132 e. The van der Waals surface area contributed by atoms with Gasteiger partial charge in [-0.15, -0.1) is 24.8 Å². The SMILES string of the molecule is CCc1cnc(C)nc1NCC1CCCNC1.Cl.Cl. The molecule has 1 saturated heterocycles. The van der Waals surface area contributed by atoms with Gasteiger partial charge in [0.05, 0.1) is 0 Å². The van der Waals surface area contributed by atoms with Crippen LogP contribution in [-0.4, -0.2) is 29.6 Å². The largest absolute Gasteiger partial charge is 0.369 e. The molecular weight excluding hydrogens is 283 g/mol. The van der Waals surface area contributed by atoms with Gasteiger partial charge in [0.15, 0.2) is 0 Å². The summed E-state index contributed by atoms with van der Waals surface area (Å²) in [7, 11) is 0. The van der Waals surface area contributed by atoms with Crippen molar-refractivity contribution in [3.05, 3.63) is 17.6 Å². The maximum atomic E-state index is 4.49. The second kappa shape index (κ2) is 9.34. The van der Waals surface area contributed by atoms with Gasteiger partial charge in [0.1, 0.15) is 11.6 Å². The summed E-state index contributed by atoms with van der Waals surface area (Å²) in [5.41, 5.74) is 1.21. The molecule has 2 rings (SSSR count). The average Bonchev–Trinajstić information content (AvgIpc) is 2.38. The lowest BCUT2D eigenvalue weighted by atomic mass is 10.00. The number of nitrogens with zero attached hydrogens (tertiary/aromatic N) is 2. The predicted octanol–water partition coefficient (Wildman–Crippen LogP) is 2.60. The van der Waals surface area contributed by atoms with Crippen LogP contribution in [0.25, 0.3) is 0 Å². The number of aromatic nitrogens is 2. The maximum absolute atomic E-state index is 4.49. The first-order valence-electron chi connectivity index (χ1n) is 6.56. The van der Waals surface area contributed by atoms with Gasteiger partial charge in [-0.25, -0.2) is 9.97 Å². The molecule has 0 saturated carbocycles. The standard InChI is InChI=1S/C13H22N4.2ClH/c1-3-12-9-15-10(2)17-13(12)16-8-11-5-4-6-14-7-11;;/h9,11,14H,3-8H2,1-2H3,(H,15,16,17);2*1H. The Hall–Kier alpha value is -0.580. The molecule has 0 bridgehead atoms. The molecule has 0 aliphatic carbocycles. The summed E-state index contributed by atoms with van der Waals surface area (Å²) < 4.78 is 0. The van der Waals surface area contributed by atoms with E-state index in [1.165, 1.54) is 24.9 Å². The fraction of sp³-hybridized carbons (Fsp3) is 0.692. The van der Waals surface area contributed by atoms with Gasteiger partial charge in [0.2, 0.25) is 0 Å². The second-order valence-corrected chi connectivity index (χ2v) is 4.74. The van der Waals surface area contributed by atoms with Crippen LogP contribution in [0, 0.1) is 12.8 Å². The van der Waals surface area contributed by atoms with Crippen LogP contribution in [0.4, 0.5) is 5.82 Å². The number of halogens is 2. The van der Waals surface area contributed by atoms with Gasteiger partial charge in [-0.3, -0.25) is 0 Å². The van der Waals surface area contributed by atoms with Crippen molar-refractivity contribution in [1.29, 1.82) is 0 Å². The Balaban J connectivity index is 0.00000162. The van der Waals surface area contributed by atoms with Crippen LogP contribution in [0.15, 0.2) is 6.20 Å². The Labute approximate surface area is 128 Å². The van der Waals surface area contributed by atoms with Gasteiger partial charge in [-0.2, -0.15) is 0 Å². The summed E-state index contributed by atoms with van der Waals surface area (Å²) in [6.07, 6.45) is 5.51. The first-order chi connectivity index (χ1) is 8.29. The summed E-state index contributed by atoms with van der Waals surface area (Å²) in [6, 6.07) is 0. The molecule has 2 N–H and O–H groups in total. The monoisotopic (exact) mass is 306 g/mol. The molecular formula is C13H24Cl2N4. The topological polar surface area (TPSA) is 49.8 Å². The van der Waals surface area contributed by atoms with Crippen molar-refractivity contribution in [3.63, 3.8) is 0 Å². The van der Waals surface area contributed by atoms with Gasteiger partial charge < -0.3 is 10.6 Å². The Morgan fingerprint density at radius 3 is 2.84 bits per heavy atom. The van der Waals surface area contributed by atoms with Crippen LogP contribution < -0.4 is 10.6 Å². The lowest BCUT2D eigenvalue weighted by Gasteiger charge is -2.23.